The van der Waals surface area contributed by atoms with Crippen LogP contribution >= 0.6 is 0 Å². The second-order valence-electron chi connectivity index (χ2n) is 8.84. The first-order valence-corrected chi connectivity index (χ1v) is 9.37. The third kappa shape index (κ3) is 2.56. The fraction of sp³-hybridized carbons (Fsp3) is 0.762. The van der Waals surface area contributed by atoms with E-state index in [0.29, 0.717) is 23.0 Å². The van der Waals surface area contributed by atoms with Gasteiger partial charge < -0.3 is 9.84 Å². The summed E-state index contributed by atoms with van der Waals surface area (Å²) in [6.45, 7) is 9.42. The third-order valence-corrected chi connectivity index (χ3v) is 7.81. The maximum atomic E-state index is 12.3. The monoisotopic (exact) mass is 332 g/mol. The molecule has 1 saturated carbocycles. The molecule has 0 saturated heterocycles. The second kappa shape index (κ2) is 6.01. The molecule has 24 heavy (non-hydrogen) atoms. The van der Waals surface area contributed by atoms with Crippen LogP contribution in [0.15, 0.2) is 23.5 Å². The lowest BCUT2D eigenvalue weighted by molar-refractivity contribution is -0.123. The summed E-state index contributed by atoms with van der Waals surface area (Å²) in [6, 6.07) is 0. The SMILES string of the molecule is COC1=CC(=O)[C@H](C[C@@]2(C)CC[C@]3(C)C(C)=CCC[C@H]3[C@H]2C)[C@H]1O. The zero-order valence-corrected chi connectivity index (χ0v) is 15.8. The highest BCUT2D eigenvalue weighted by molar-refractivity contribution is 5.95. The lowest BCUT2D eigenvalue weighted by Crippen LogP contribution is -2.48. The van der Waals surface area contributed by atoms with Gasteiger partial charge in [0, 0.05) is 6.08 Å². The average Bonchev–Trinajstić information content (AvgIpc) is 2.81. The summed E-state index contributed by atoms with van der Waals surface area (Å²) in [5.74, 6) is 1.34. The Labute approximate surface area is 146 Å². The average molecular weight is 332 g/mol. The number of carbonyl (C=O) groups is 1. The second-order valence-corrected chi connectivity index (χ2v) is 8.84. The van der Waals surface area contributed by atoms with Gasteiger partial charge in [-0.05, 0) is 61.7 Å². The number of carbonyl (C=O) groups excluding carboxylic acids is 1. The number of aliphatic hydroxyl groups excluding tert-OH is 1. The van der Waals surface area contributed by atoms with Crippen LogP contribution in [0.1, 0.15) is 59.8 Å². The fourth-order valence-electron chi connectivity index (χ4n) is 5.64. The summed E-state index contributed by atoms with van der Waals surface area (Å²) in [5.41, 5.74) is 1.96. The molecule has 1 fully saturated rings. The molecule has 0 unspecified atom stereocenters. The molecule has 134 valence electrons. The van der Waals surface area contributed by atoms with Crippen LogP contribution in [0.5, 0.6) is 0 Å². The van der Waals surface area contributed by atoms with E-state index in [1.165, 1.54) is 32.4 Å². The number of methoxy groups -OCH3 is 1. The normalized spacial score (nSPS) is 45.5. The van der Waals surface area contributed by atoms with E-state index in [1.54, 1.807) is 5.57 Å². The molecule has 0 aromatic rings. The van der Waals surface area contributed by atoms with Gasteiger partial charge in [-0.25, -0.2) is 0 Å². The van der Waals surface area contributed by atoms with Crippen molar-refractivity contribution in [3.63, 3.8) is 0 Å². The van der Waals surface area contributed by atoms with Crippen LogP contribution in [-0.2, 0) is 9.53 Å². The molecule has 0 heterocycles. The van der Waals surface area contributed by atoms with Crippen LogP contribution in [-0.4, -0.2) is 24.1 Å². The van der Waals surface area contributed by atoms with E-state index in [0.717, 1.165) is 12.8 Å². The largest absolute Gasteiger partial charge is 0.498 e. The smallest absolute Gasteiger partial charge is 0.165 e. The van der Waals surface area contributed by atoms with E-state index >= 15 is 0 Å². The Hall–Kier alpha value is -1.09. The van der Waals surface area contributed by atoms with Crippen LogP contribution in [0, 0.1) is 28.6 Å². The van der Waals surface area contributed by atoms with Crippen LogP contribution < -0.4 is 0 Å². The van der Waals surface area contributed by atoms with Gasteiger partial charge in [0.25, 0.3) is 0 Å². The van der Waals surface area contributed by atoms with Gasteiger partial charge in [0.05, 0.1) is 13.0 Å². The molecule has 0 radical (unpaired) electrons. The molecule has 3 rings (SSSR count). The van der Waals surface area contributed by atoms with Crippen molar-refractivity contribution in [3.05, 3.63) is 23.5 Å². The van der Waals surface area contributed by atoms with Crippen molar-refractivity contribution < 1.29 is 14.6 Å². The molecule has 0 bridgehead atoms. The highest BCUT2D eigenvalue weighted by atomic mass is 16.5. The molecule has 1 N–H and O–H groups in total. The zero-order chi connectivity index (χ0) is 17.7. The van der Waals surface area contributed by atoms with Crippen molar-refractivity contribution >= 4 is 5.78 Å². The number of aliphatic hydroxyl groups is 1. The molecule has 0 spiro atoms. The number of allylic oxidation sites excluding steroid dienone is 3. The number of hydrogen-bond acceptors (Lipinski definition) is 3. The maximum Gasteiger partial charge on any atom is 0.165 e. The molecule has 3 heteroatoms. The van der Waals surface area contributed by atoms with Crippen LogP contribution in [0.3, 0.4) is 0 Å². The quantitative estimate of drug-likeness (QED) is 0.785. The number of rotatable bonds is 3. The van der Waals surface area contributed by atoms with Crippen molar-refractivity contribution in [1.82, 2.24) is 0 Å². The van der Waals surface area contributed by atoms with Gasteiger partial charge in [0.15, 0.2) is 5.78 Å². The van der Waals surface area contributed by atoms with E-state index in [-0.39, 0.29) is 17.1 Å². The van der Waals surface area contributed by atoms with E-state index in [2.05, 4.69) is 33.8 Å². The zero-order valence-electron chi connectivity index (χ0n) is 15.8. The third-order valence-electron chi connectivity index (χ3n) is 7.81. The van der Waals surface area contributed by atoms with Crippen molar-refractivity contribution in [2.24, 2.45) is 28.6 Å². The minimum Gasteiger partial charge on any atom is -0.498 e. The van der Waals surface area contributed by atoms with Crippen LogP contribution in [0.2, 0.25) is 0 Å². The number of hydrogen-bond donors (Lipinski definition) is 1. The van der Waals surface area contributed by atoms with Crippen molar-refractivity contribution in [1.29, 1.82) is 0 Å². The number of ketones is 1. The van der Waals surface area contributed by atoms with Crippen molar-refractivity contribution in [2.75, 3.05) is 7.11 Å². The van der Waals surface area contributed by atoms with Gasteiger partial charge in [0.1, 0.15) is 11.9 Å². The number of ether oxygens (including phenoxy) is 1. The molecular formula is C21H32O3. The minimum atomic E-state index is -0.771. The Bertz CT molecular complexity index is 590. The van der Waals surface area contributed by atoms with Crippen LogP contribution in [0.25, 0.3) is 0 Å². The lowest BCUT2D eigenvalue weighted by atomic mass is 9.48. The molecule has 0 aliphatic heterocycles. The predicted molar refractivity (Wildman–Crippen MR) is 95.3 cm³/mol. The first-order valence-electron chi connectivity index (χ1n) is 9.37. The lowest BCUT2D eigenvalue weighted by Gasteiger charge is -2.56. The van der Waals surface area contributed by atoms with E-state index in [9.17, 15) is 9.90 Å². The van der Waals surface area contributed by atoms with Gasteiger partial charge in [-0.1, -0.05) is 32.4 Å². The van der Waals surface area contributed by atoms with Gasteiger partial charge in [0.2, 0.25) is 0 Å². The Kier molecular flexibility index (Phi) is 4.44. The van der Waals surface area contributed by atoms with E-state index in [4.69, 9.17) is 4.74 Å². The van der Waals surface area contributed by atoms with Gasteiger partial charge in [-0.3, -0.25) is 4.79 Å². The fourth-order valence-corrected chi connectivity index (χ4v) is 5.64. The highest BCUT2D eigenvalue weighted by Gasteiger charge is 2.53. The summed E-state index contributed by atoms with van der Waals surface area (Å²) < 4.78 is 5.17. The maximum absolute atomic E-state index is 12.3. The molecule has 3 nitrogen and oxygen atoms in total. The Balaban J connectivity index is 1.80. The molecule has 3 aliphatic rings. The van der Waals surface area contributed by atoms with Crippen molar-refractivity contribution in [2.45, 2.75) is 65.9 Å². The summed E-state index contributed by atoms with van der Waals surface area (Å²) in [5, 5.41) is 10.5. The highest BCUT2D eigenvalue weighted by Crippen LogP contribution is 2.60. The molecule has 0 aromatic heterocycles. The van der Waals surface area contributed by atoms with Gasteiger partial charge in [-0.2, -0.15) is 0 Å². The molecule has 0 aromatic carbocycles. The topological polar surface area (TPSA) is 46.5 Å². The number of fused-ring (bicyclic) bond motifs is 1. The first-order chi connectivity index (χ1) is 11.2. The minimum absolute atomic E-state index is 0.0285. The summed E-state index contributed by atoms with van der Waals surface area (Å²) in [6.07, 6.45) is 8.61. The Morgan fingerprint density at radius 3 is 2.67 bits per heavy atom. The predicted octanol–water partition coefficient (Wildman–Crippen LogP) is 4.27. The summed E-state index contributed by atoms with van der Waals surface area (Å²) >= 11 is 0. The molecular weight excluding hydrogens is 300 g/mol. The standard InChI is InChI=1S/C21H32O3/c1-13-7-6-8-16-14(2)20(3,9-10-21(13,16)4)12-15-17(22)11-18(24-5)19(15)23/h7,11,14-16,19,23H,6,8-10,12H2,1-5H3/t14-,15+,16+,19-,20-,21-/m1/s1. The van der Waals surface area contributed by atoms with E-state index in [1.807, 2.05) is 0 Å². The summed E-state index contributed by atoms with van der Waals surface area (Å²) in [4.78, 5) is 12.3. The summed E-state index contributed by atoms with van der Waals surface area (Å²) in [7, 11) is 1.53. The molecule has 3 aliphatic carbocycles. The molecule has 0 amide bonds. The van der Waals surface area contributed by atoms with Crippen LogP contribution in [0.4, 0.5) is 0 Å². The molecule has 6 atom stereocenters. The van der Waals surface area contributed by atoms with E-state index < -0.39 is 6.10 Å². The van der Waals surface area contributed by atoms with Gasteiger partial charge in [-0.15, -0.1) is 0 Å². The van der Waals surface area contributed by atoms with Gasteiger partial charge >= 0.3 is 0 Å². The first kappa shape index (κ1) is 17.7. The Morgan fingerprint density at radius 1 is 1.33 bits per heavy atom. The van der Waals surface area contributed by atoms with Crippen molar-refractivity contribution in [3.8, 4) is 0 Å². The Morgan fingerprint density at radius 2 is 2.04 bits per heavy atom.